The summed E-state index contributed by atoms with van der Waals surface area (Å²) in [7, 11) is 0. The van der Waals surface area contributed by atoms with Crippen molar-refractivity contribution in [3.63, 3.8) is 0 Å². The van der Waals surface area contributed by atoms with Crippen LogP contribution in [-0.4, -0.2) is 29.7 Å². The Morgan fingerprint density at radius 1 is 1.32 bits per heavy atom. The minimum absolute atomic E-state index is 0.259. The zero-order chi connectivity index (χ0) is 13.9. The molecule has 2 heterocycles. The maximum Gasteiger partial charge on any atom is 0.0559 e. The minimum atomic E-state index is 0.259. The van der Waals surface area contributed by atoms with Crippen molar-refractivity contribution in [1.29, 1.82) is 0 Å². The molecule has 1 aromatic heterocycles. The highest BCUT2D eigenvalue weighted by molar-refractivity contribution is 5.48. The SMILES string of the molecule is CCC1CNC(CC)(CC)CN1c1cncc(C)c1. The number of aryl methyl sites for hydroxylation is 1. The number of nitrogens with one attached hydrogen (secondary N) is 1. The van der Waals surface area contributed by atoms with Crippen LogP contribution in [0.15, 0.2) is 18.5 Å². The minimum Gasteiger partial charge on any atom is -0.364 e. The molecule has 3 nitrogen and oxygen atoms in total. The van der Waals surface area contributed by atoms with Crippen molar-refractivity contribution in [3.05, 3.63) is 24.0 Å². The first-order chi connectivity index (χ1) is 9.14. The van der Waals surface area contributed by atoms with Gasteiger partial charge in [0.2, 0.25) is 0 Å². The third-order valence-electron chi connectivity index (χ3n) is 4.64. The summed E-state index contributed by atoms with van der Waals surface area (Å²) in [4.78, 5) is 6.92. The van der Waals surface area contributed by atoms with E-state index in [1.54, 1.807) is 0 Å². The van der Waals surface area contributed by atoms with E-state index in [1.807, 2.05) is 12.4 Å². The molecule has 0 amide bonds. The van der Waals surface area contributed by atoms with Gasteiger partial charge in [0.1, 0.15) is 0 Å². The van der Waals surface area contributed by atoms with E-state index in [9.17, 15) is 0 Å². The van der Waals surface area contributed by atoms with Crippen LogP contribution in [0.2, 0.25) is 0 Å². The number of piperazine rings is 1. The fourth-order valence-corrected chi connectivity index (χ4v) is 3.04. The molecule has 1 N–H and O–H groups in total. The Bertz CT molecular complexity index is 412. The predicted octanol–water partition coefficient (Wildman–Crippen LogP) is 3.14. The molecule has 106 valence electrons. The summed E-state index contributed by atoms with van der Waals surface area (Å²) in [5.74, 6) is 0. The fourth-order valence-electron chi connectivity index (χ4n) is 3.04. The third-order valence-corrected chi connectivity index (χ3v) is 4.64. The molecule has 1 unspecified atom stereocenters. The first-order valence-corrected chi connectivity index (χ1v) is 7.57. The van der Waals surface area contributed by atoms with Crippen molar-refractivity contribution in [3.8, 4) is 0 Å². The van der Waals surface area contributed by atoms with E-state index >= 15 is 0 Å². The van der Waals surface area contributed by atoms with Gasteiger partial charge in [-0.15, -0.1) is 0 Å². The van der Waals surface area contributed by atoms with Gasteiger partial charge >= 0.3 is 0 Å². The number of nitrogens with zero attached hydrogens (tertiary/aromatic N) is 2. The second kappa shape index (κ2) is 5.91. The molecule has 3 heteroatoms. The lowest BCUT2D eigenvalue weighted by Gasteiger charge is -2.48. The molecule has 0 radical (unpaired) electrons. The van der Waals surface area contributed by atoms with Gasteiger partial charge in [-0.1, -0.05) is 20.8 Å². The van der Waals surface area contributed by atoms with Gasteiger partial charge in [-0.3, -0.25) is 4.98 Å². The van der Waals surface area contributed by atoms with Crippen molar-refractivity contribution in [2.24, 2.45) is 0 Å². The number of anilines is 1. The second-order valence-corrected chi connectivity index (χ2v) is 5.78. The van der Waals surface area contributed by atoms with Gasteiger partial charge in [-0.25, -0.2) is 0 Å². The average Bonchev–Trinajstić information content (AvgIpc) is 2.46. The lowest BCUT2D eigenvalue weighted by atomic mass is 9.88. The molecule has 2 rings (SSSR count). The van der Waals surface area contributed by atoms with E-state index in [0.717, 1.165) is 13.1 Å². The smallest absolute Gasteiger partial charge is 0.0559 e. The highest BCUT2D eigenvalue weighted by Gasteiger charge is 2.36. The third kappa shape index (κ3) is 2.92. The Morgan fingerprint density at radius 3 is 2.63 bits per heavy atom. The van der Waals surface area contributed by atoms with Gasteiger partial charge in [0.15, 0.2) is 0 Å². The van der Waals surface area contributed by atoms with Crippen LogP contribution in [-0.2, 0) is 0 Å². The van der Waals surface area contributed by atoms with Crippen LogP contribution in [0, 0.1) is 6.92 Å². The van der Waals surface area contributed by atoms with Crippen molar-refractivity contribution in [1.82, 2.24) is 10.3 Å². The Labute approximate surface area is 117 Å². The summed E-state index contributed by atoms with van der Waals surface area (Å²) >= 11 is 0. The Kier molecular flexibility index (Phi) is 4.46. The second-order valence-electron chi connectivity index (χ2n) is 5.78. The fraction of sp³-hybridized carbons (Fsp3) is 0.688. The Hall–Kier alpha value is -1.09. The van der Waals surface area contributed by atoms with E-state index in [4.69, 9.17) is 0 Å². The number of aromatic nitrogens is 1. The van der Waals surface area contributed by atoms with Crippen molar-refractivity contribution < 1.29 is 0 Å². The standard InChI is InChI=1S/C16H27N3/c1-5-14-11-18-16(6-2,7-3)12-19(14)15-8-13(4)9-17-10-15/h8-10,14,18H,5-7,11-12H2,1-4H3. The number of hydrogen-bond donors (Lipinski definition) is 1. The van der Waals surface area contributed by atoms with Gasteiger partial charge in [0, 0.05) is 30.9 Å². The maximum atomic E-state index is 4.37. The van der Waals surface area contributed by atoms with Crippen molar-refractivity contribution >= 4 is 5.69 Å². The van der Waals surface area contributed by atoms with Gasteiger partial charge < -0.3 is 10.2 Å². The molecular weight excluding hydrogens is 234 g/mol. The Balaban J connectivity index is 2.28. The zero-order valence-electron chi connectivity index (χ0n) is 12.7. The van der Waals surface area contributed by atoms with E-state index in [1.165, 1.54) is 30.5 Å². The summed E-state index contributed by atoms with van der Waals surface area (Å²) in [5, 5.41) is 3.79. The summed E-state index contributed by atoms with van der Waals surface area (Å²) in [6.07, 6.45) is 7.46. The van der Waals surface area contributed by atoms with E-state index in [0.29, 0.717) is 6.04 Å². The molecule has 1 saturated heterocycles. The molecule has 0 saturated carbocycles. The quantitative estimate of drug-likeness (QED) is 0.902. The van der Waals surface area contributed by atoms with E-state index < -0.39 is 0 Å². The van der Waals surface area contributed by atoms with E-state index in [-0.39, 0.29) is 5.54 Å². The maximum absolute atomic E-state index is 4.37. The van der Waals surface area contributed by atoms with Crippen LogP contribution >= 0.6 is 0 Å². The first-order valence-electron chi connectivity index (χ1n) is 7.57. The van der Waals surface area contributed by atoms with Crippen LogP contribution in [0.4, 0.5) is 5.69 Å². The summed E-state index contributed by atoms with van der Waals surface area (Å²) in [5.41, 5.74) is 2.78. The average molecular weight is 261 g/mol. The van der Waals surface area contributed by atoms with Crippen molar-refractivity contribution in [2.75, 3.05) is 18.0 Å². The molecule has 1 aliphatic rings. The Morgan fingerprint density at radius 2 is 2.05 bits per heavy atom. The topological polar surface area (TPSA) is 28.2 Å². The molecule has 0 spiro atoms. The summed E-state index contributed by atoms with van der Waals surface area (Å²) in [6.45, 7) is 11.1. The molecule has 1 atom stereocenters. The van der Waals surface area contributed by atoms with Crippen LogP contribution in [0.1, 0.15) is 45.6 Å². The molecule has 1 aliphatic heterocycles. The molecular formula is C16H27N3. The van der Waals surface area contributed by atoms with Crippen molar-refractivity contribution in [2.45, 2.75) is 58.5 Å². The van der Waals surface area contributed by atoms with Gasteiger partial charge in [0.25, 0.3) is 0 Å². The monoisotopic (exact) mass is 261 g/mol. The molecule has 1 fully saturated rings. The molecule has 0 bridgehead atoms. The lowest BCUT2D eigenvalue weighted by Crippen LogP contribution is -2.64. The molecule has 0 aliphatic carbocycles. The molecule has 0 aromatic carbocycles. The normalized spacial score (nSPS) is 22.5. The highest BCUT2D eigenvalue weighted by Crippen LogP contribution is 2.28. The van der Waals surface area contributed by atoms with Gasteiger partial charge in [-0.2, -0.15) is 0 Å². The molecule has 1 aromatic rings. The van der Waals surface area contributed by atoms with Crippen LogP contribution < -0.4 is 10.2 Å². The van der Waals surface area contributed by atoms with Gasteiger partial charge in [-0.05, 0) is 37.8 Å². The largest absolute Gasteiger partial charge is 0.364 e. The zero-order valence-corrected chi connectivity index (χ0v) is 12.7. The number of hydrogen-bond acceptors (Lipinski definition) is 3. The van der Waals surface area contributed by atoms with Crippen LogP contribution in [0.5, 0.6) is 0 Å². The molecule has 19 heavy (non-hydrogen) atoms. The predicted molar refractivity (Wildman–Crippen MR) is 81.7 cm³/mol. The van der Waals surface area contributed by atoms with Crippen LogP contribution in [0.25, 0.3) is 0 Å². The first kappa shape index (κ1) is 14.3. The van der Waals surface area contributed by atoms with Gasteiger partial charge in [0.05, 0.1) is 11.9 Å². The van der Waals surface area contributed by atoms with Crippen LogP contribution in [0.3, 0.4) is 0 Å². The highest BCUT2D eigenvalue weighted by atomic mass is 15.3. The number of pyridine rings is 1. The summed E-state index contributed by atoms with van der Waals surface area (Å²) in [6, 6.07) is 2.84. The number of rotatable bonds is 4. The van der Waals surface area contributed by atoms with E-state index in [2.05, 4.69) is 49.0 Å². The summed E-state index contributed by atoms with van der Waals surface area (Å²) < 4.78 is 0. The lowest BCUT2D eigenvalue weighted by molar-refractivity contribution is 0.246.